The van der Waals surface area contributed by atoms with E-state index in [0.29, 0.717) is 24.1 Å². The first kappa shape index (κ1) is 20.2. The van der Waals surface area contributed by atoms with Crippen LogP contribution in [0.3, 0.4) is 0 Å². The number of hydrogen-bond donors (Lipinski definition) is 2. The van der Waals surface area contributed by atoms with Crippen LogP contribution in [0.5, 0.6) is 5.75 Å². The Balaban J connectivity index is 1.53. The number of rotatable bonds is 7. The van der Waals surface area contributed by atoms with E-state index >= 15 is 0 Å². The van der Waals surface area contributed by atoms with Crippen molar-refractivity contribution in [2.24, 2.45) is 0 Å². The predicted molar refractivity (Wildman–Crippen MR) is 118 cm³/mol. The van der Waals surface area contributed by atoms with Crippen molar-refractivity contribution in [3.05, 3.63) is 96.4 Å². The lowest BCUT2D eigenvalue weighted by Gasteiger charge is -2.16. The lowest BCUT2D eigenvalue weighted by atomic mass is 10.1. The number of anilines is 1. The topological polar surface area (TPSA) is 89.3 Å². The van der Waals surface area contributed by atoms with Gasteiger partial charge in [-0.2, -0.15) is 0 Å². The van der Waals surface area contributed by atoms with E-state index in [4.69, 9.17) is 9.15 Å². The van der Waals surface area contributed by atoms with Gasteiger partial charge < -0.3 is 19.8 Å². The maximum atomic E-state index is 12.7. The molecule has 0 saturated carbocycles. The van der Waals surface area contributed by atoms with Gasteiger partial charge in [0.1, 0.15) is 11.8 Å². The van der Waals surface area contributed by atoms with E-state index in [-0.39, 0.29) is 0 Å². The first-order valence-corrected chi connectivity index (χ1v) is 9.97. The second kappa shape index (κ2) is 9.58. The van der Waals surface area contributed by atoms with Crippen molar-refractivity contribution in [1.82, 2.24) is 15.5 Å². The molecule has 0 unspecified atom stereocenters. The summed E-state index contributed by atoms with van der Waals surface area (Å²) in [4.78, 5) is 12.7. The van der Waals surface area contributed by atoms with Gasteiger partial charge in [0.2, 0.25) is 11.8 Å². The summed E-state index contributed by atoms with van der Waals surface area (Å²) in [5, 5.41) is 14.1. The molecule has 156 valence electrons. The Morgan fingerprint density at radius 2 is 1.61 bits per heavy atom. The Bertz CT molecular complexity index is 1110. The zero-order chi connectivity index (χ0) is 21.5. The van der Waals surface area contributed by atoms with E-state index in [0.717, 1.165) is 16.9 Å². The highest BCUT2D eigenvalue weighted by molar-refractivity contribution is 5.89. The van der Waals surface area contributed by atoms with E-state index < -0.39 is 12.1 Å². The minimum atomic E-state index is -0.603. The molecule has 1 heterocycles. The number of benzene rings is 3. The molecule has 7 heteroatoms. The molecule has 0 bridgehead atoms. The monoisotopic (exact) mass is 414 g/mol. The molecule has 0 saturated heterocycles. The van der Waals surface area contributed by atoms with Crippen molar-refractivity contribution < 1.29 is 13.9 Å². The van der Waals surface area contributed by atoms with Gasteiger partial charge >= 0.3 is 6.03 Å². The standard InChI is InChI=1S/C24H22N4O3/c1-2-30-20-15-13-19(14-16-20)25-24(29)26-21(17-9-5-3-6-10-17)23-28-27-22(31-23)18-11-7-4-8-12-18/h3-16,21H,2H2,1H3,(H2,25,26,29)/t21-/m0/s1. The van der Waals surface area contributed by atoms with Gasteiger partial charge in [-0.05, 0) is 48.9 Å². The van der Waals surface area contributed by atoms with Crippen LogP contribution in [0, 0.1) is 0 Å². The number of carbonyl (C=O) groups excluding carboxylic acids is 1. The number of nitrogens with zero attached hydrogens (tertiary/aromatic N) is 2. The molecule has 31 heavy (non-hydrogen) atoms. The van der Waals surface area contributed by atoms with Crippen LogP contribution in [0.25, 0.3) is 11.5 Å². The highest BCUT2D eigenvalue weighted by Crippen LogP contribution is 2.25. The summed E-state index contributed by atoms with van der Waals surface area (Å²) in [5.74, 6) is 1.44. The molecule has 4 rings (SSSR count). The van der Waals surface area contributed by atoms with Gasteiger partial charge in [0.25, 0.3) is 0 Å². The molecule has 4 aromatic rings. The molecule has 3 aromatic carbocycles. The number of aromatic nitrogens is 2. The van der Waals surface area contributed by atoms with Crippen LogP contribution in [-0.2, 0) is 0 Å². The average molecular weight is 414 g/mol. The van der Waals surface area contributed by atoms with Crippen LogP contribution >= 0.6 is 0 Å². The van der Waals surface area contributed by atoms with Gasteiger partial charge in [0, 0.05) is 11.3 Å². The van der Waals surface area contributed by atoms with Crippen LogP contribution in [0.2, 0.25) is 0 Å². The second-order valence-corrected chi connectivity index (χ2v) is 6.71. The first-order valence-electron chi connectivity index (χ1n) is 9.97. The van der Waals surface area contributed by atoms with Gasteiger partial charge in [-0.25, -0.2) is 4.79 Å². The van der Waals surface area contributed by atoms with Crippen LogP contribution in [0.15, 0.2) is 89.3 Å². The summed E-state index contributed by atoms with van der Waals surface area (Å²) in [6.07, 6.45) is 0. The molecule has 0 fully saturated rings. The zero-order valence-electron chi connectivity index (χ0n) is 17.0. The summed E-state index contributed by atoms with van der Waals surface area (Å²) in [6.45, 7) is 2.51. The van der Waals surface area contributed by atoms with Gasteiger partial charge in [-0.1, -0.05) is 48.5 Å². The first-order chi connectivity index (χ1) is 15.2. The summed E-state index contributed by atoms with van der Waals surface area (Å²) < 4.78 is 11.3. The van der Waals surface area contributed by atoms with Gasteiger partial charge in [-0.15, -0.1) is 10.2 Å². The van der Waals surface area contributed by atoms with Gasteiger partial charge in [0.15, 0.2) is 0 Å². The molecular weight excluding hydrogens is 392 g/mol. The minimum Gasteiger partial charge on any atom is -0.494 e. The lowest BCUT2D eigenvalue weighted by molar-refractivity contribution is 0.248. The molecule has 0 radical (unpaired) electrons. The zero-order valence-corrected chi connectivity index (χ0v) is 17.0. The van der Waals surface area contributed by atoms with Crippen LogP contribution in [0.4, 0.5) is 10.5 Å². The maximum Gasteiger partial charge on any atom is 0.320 e. The number of nitrogens with one attached hydrogen (secondary N) is 2. The summed E-state index contributed by atoms with van der Waals surface area (Å²) in [7, 11) is 0. The molecule has 2 N–H and O–H groups in total. The van der Waals surface area contributed by atoms with Crippen LogP contribution in [0.1, 0.15) is 24.4 Å². The van der Waals surface area contributed by atoms with Crippen molar-refractivity contribution >= 4 is 11.7 Å². The maximum absolute atomic E-state index is 12.7. The largest absolute Gasteiger partial charge is 0.494 e. The van der Waals surface area contributed by atoms with Crippen molar-refractivity contribution in [2.45, 2.75) is 13.0 Å². The Morgan fingerprint density at radius 1 is 0.935 bits per heavy atom. The predicted octanol–water partition coefficient (Wildman–Crippen LogP) is 5.05. The number of ether oxygens (including phenoxy) is 1. The van der Waals surface area contributed by atoms with Crippen molar-refractivity contribution in [2.75, 3.05) is 11.9 Å². The quantitative estimate of drug-likeness (QED) is 0.442. The Hall–Kier alpha value is -4.13. The molecule has 0 aliphatic carbocycles. The minimum absolute atomic E-state index is 0.298. The number of carbonyl (C=O) groups is 1. The highest BCUT2D eigenvalue weighted by Gasteiger charge is 2.23. The smallest absolute Gasteiger partial charge is 0.320 e. The molecule has 1 atom stereocenters. The van der Waals surface area contributed by atoms with Crippen molar-refractivity contribution in [1.29, 1.82) is 0 Å². The van der Waals surface area contributed by atoms with Crippen LogP contribution in [-0.4, -0.2) is 22.8 Å². The Kier molecular flexibility index (Phi) is 6.23. The Morgan fingerprint density at radius 3 is 2.29 bits per heavy atom. The van der Waals surface area contributed by atoms with Gasteiger partial charge in [-0.3, -0.25) is 0 Å². The fraction of sp³-hybridized carbons (Fsp3) is 0.125. The fourth-order valence-corrected chi connectivity index (χ4v) is 3.08. The number of hydrogen-bond acceptors (Lipinski definition) is 5. The summed E-state index contributed by atoms with van der Waals surface area (Å²) in [6, 6.07) is 25.2. The van der Waals surface area contributed by atoms with E-state index in [1.165, 1.54) is 0 Å². The van der Waals surface area contributed by atoms with Gasteiger partial charge in [0.05, 0.1) is 6.61 Å². The third-order valence-corrected chi connectivity index (χ3v) is 4.54. The summed E-state index contributed by atoms with van der Waals surface area (Å²) in [5.41, 5.74) is 2.28. The molecule has 0 spiro atoms. The Labute approximate surface area is 180 Å². The molecular formula is C24H22N4O3. The van der Waals surface area contributed by atoms with Crippen molar-refractivity contribution in [3.63, 3.8) is 0 Å². The molecule has 0 aliphatic heterocycles. The number of urea groups is 1. The average Bonchev–Trinajstić information content (AvgIpc) is 3.30. The van der Waals surface area contributed by atoms with E-state index in [9.17, 15) is 4.79 Å². The van der Waals surface area contributed by atoms with Crippen LogP contribution < -0.4 is 15.4 Å². The highest BCUT2D eigenvalue weighted by atomic mass is 16.5. The van der Waals surface area contributed by atoms with E-state index in [2.05, 4.69) is 20.8 Å². The number of amides is 2. The fourth-order valence-electron chi connectivity index (χ4n) is 3.08. The lowest BCUT2D eigenvalue weighted by Crippen LogP contribution is -2.33. The van der Waals surface area contributed by atoms with E-state index in [1.54, 1.807) is 24.3 Å². The molecule has 1 aromatic heterocycles. The third-order valence-electron chi connectivity index (χ3n) is 4.54. The van der Waals surface area contributed by atoms with E-state index in [1.807, 2.05) is 67.6 Å². The SMILES string of the molecule is CCOc1ccc(NC(=O)N[C@@H](c2ccccc2)c2nnc(-c3ccccc3)o2)cc1. The molecule has 0 aliphatic rings. The van der Waals surface area contributed by atoms with Crippen molar-refractivity contribution in [3.8, 4) is 17.2 Å². The molecule has 2 amide bonds. The normalized spacial score (nSPS) is 11.5. The molecule has 7 nitrogen and oxygen atoms in total. The summed E-state index contributed by atoms with van der Waals surface area (Å²) >= 11 is 0. The third kappa shape index (κ3) is 5.08. The second-order valence-electron chi connectivity index (χ2n) is 6.71.